The number of amides is 1. The van der Waals surface area contributed by atoms with E-state index in [-0.39, 0.29) is 11.3 Å². The summed E-state index contributed by atoms with van der Waals surface area (Å²) in [7, 11) is 0. The van der Waals surface area contributed by atoms with Crippen LogP contribution in [0.5, 0.6) is 0 Å². The zero-order valence-corrected chi connectivity index (χ0v) is 13.9. The Bertz CT molecular complexity index is 638. The molecule has 22 heavy (non-hydrogen) atoms. The molecular weight excluding hydrogens is 274 g/mol. The first kappa shape index (κ1) is 16.3. The Morgan fingerprint density at radius 3 is 2.64 bits per heavy atom. The molecule has 4 heteroatoms. The van der Waals surface area contributed by atoms with Gasteiger partial charge in [0.25, 0.3) is 0 Å². The second-order valence-corrected chi connectivity index (χ2v) is 6.62. The second kappa shape index (κ2) is 6.77. The Morgan fingerprint density at radius 2 is 2.00 bits per heavy atom. The van der Waals surface area contributed by atoms with Crippen LogP contribution in [-0.4, -0.2) is 15.5 Å². The van der Waals surface area contributed by atoms with Crippen molar-refractivity contribution in [1.82, 2.24) is 9.55 Å². The molecule has 0 saturated carbocycles. The number of aryl methyl sites for hydroxylation is 2. The van der Waals surface area contributed by atoms with Gasteiger partial charge >= 0.3 is 0 Å². The molecule has 118 valence electrons. The Kier molecular flexibility index (Phi) is 5.01. The molecule has 0 aliphatic heterocycles. The van der Waals surface area contributed by atoms with Crippen LogP contribution in [-0.2, 0) is 16.8 Å². The van der Waals surface area contributed by atoms with E-state index in [1.807, 2.05) is 31.3 Å². The van der Waals surface area contributed by atoms with Gasteiger partial charge in [-0.15, -0.1) is 0 Å². The molecule has 1 aromatic carbocycles. The fourth-order valence-electron chi connectivity index (χ4n) is 2.51. The highest BCUT2D eigenvalue weighted by molar-refractivity contribution is 5.91. The molecule has 0 atom stereocenters. The van der Waals surface area contributed by atoms with E-state index in [4.69, 9.17) is 0 Å². The molecule has 0 aliphatic carbocycles. The molecule has 0 saturated heterocycles. The zero-order valence-electron chi connectivity index (χ0n) is 13.9. The summed E-state index contributed by atoms with van der Waals surface area (Å²) in [5.74, 6) is 1.05. The molecule has 2 rings (SSSR count). The lowest BCUT2D eigenvalue weighted by atomic mass is 9.86. The van der Waals surface area contributed by atoms with Gasteiger partial charge in [0.2, 0.25) is 5.91 Å². The number of aromatic nitrogens is 2. The van der Waals surface area contributed by atoms with E-state index in [0.29, 0.717) is 6.42 Å². The third-order valence-corrected chi connectivity index (χ3v) is 3.74. The van der Waals surface area contributed by atoms with Gasteiger partial charge in [-0.25, -0.2) is 4.98 Å². The standard InChI is InChI=1S/C18H25N3O/c1-14-19-11-13-21(14)12-7-10-17(22)20-16-9-6-5-8-15(16)18(2,3)4/h5-6,8-9,11,13H,7,10,12H2,1-4H3,(H,20,22). The predicted molar refractivity (Wildman–Crippen MR) is 90.0 cm³/mol. The number of nitrogens with zero attached hydrogens (tertiary/aromatic N) is 2. The average molecular weight is 299 g/mol. The molecule has 0 aliphatic rings. The van der Waals surface area contributed by atoms with Gasteiger partial charge in [0.1, 0.15) is 5.82 Å². The molecule has 1 aromatic heterocycles. The van der Waals surface area contributed by atoms with Crippen molar-refractivity contribution >= 4 is 11.6 Å². The number of carbonyl (C=O) groups excluding carboxylic acids is 1. The Hall–Kier alpha value is -2.10. The SMILES string of the molecule is Cc1nccn1CCCC(=O)Nc1ccccc1C(C)(C)C. The van der Waals surface area contributed by atoms with E-state index in [1.54, 1.807) is 6.20 Å². The van der Waals surface area contributed by atoms with Gasteiger partial charge in [-0.2, -0.15) is 0 Å². The highest BCUT2D eigenvalue weighted by Crippen LogP contribution is 2.29. The maximum Gasteiger partial charge on any atom is 0.224 e. The van der Waals surface area contributed by atoms with Gasteiger partial charge in [0, 0.05) is 31.0 Å². The molecule has 0 spiro atoms. The minimum atomic E-state index is 0.0117. The third-order valence-electron chi connectivity index (χ3n) is 3.74. The first-order valence-electron chi connectivity index (χ1n) is 7.75. The van der Waals surface area contributed by atoms with Crippen molar-refractivity contribution in [3.8, 4) is 0 Å². The molecule has 0 radical (unpaired) electrons. The van der Waals surface area contributed by atoms with Crippen LogP contribution in [0.15, 0.2) is 36.7 Å². The molecule has 0 fully saturated rings. The van der Waals surface area contributed by atoms with Crippen LogP contribution in [0, 0.1) is 6.92 Å². The summed E-state index contributed by atoms with van der Waals surface area (Å²) in [5, 5.41) is 3.05. The van der Waals surface area contributed by atoms with Gasteiger partial charge in [-0.3, -0.25) is 4.79 Å². The number of imidazole rings is 1. The lowest BCUT2D eigenvalue weighted by Crippen LogP contribution is -2.18. The van der Waals surface area contributed by atoms with Gasteiger partial charge in [-0.05, 0) is 30.4 Å². The first-order valence-corrected chi connectivity index (χ1v) is 7.75. The van der Waals surface area contributed by atoms with Gasteiger partial charge < -0.3 is 9.88 Å². The van der Waals surface area contributed by atoms with E-state index in [0.717, 1.165) is 30.0 Å². The molecule has 1 N–H and O–H groups in total. The van der Waals surface area contributed by atoms with Crippen LogP contribution >= 0.6 is 0 Å². The molecule has 0 unspecified atom stereocenters. The quantitative estimate of drug-likeness (QED) is 0.910. The smallest absolute Gasteiger partial charge is 0.224 e. The van der Waals surface area contributed by atoms with Crippen molar-refractivity contribution in [3.05, 3.63) is 48.0 Å². The van der Waals surface area contributed by atoms with E-state index in [1.165, 1.54) is 0 Å². The van der Waals surface area contributed by atoms with Crippen LogP contribution < -0.4 is 5.32 Å². The minimum absolute atomic E-state index is 0.0117. The molecule has 4 nitrogen and oxygen atoms in total. The number of nitrogens with one attached hydrogen (secondary N) is 1. The number of carbonyl (C=O) groups is 1. The van der Waals surface area contributed by atoms with Crippen LogP contribution in [0.1, 0.15) is 45.0 Å². The first-order chi connectivity index (χ1) is 10.4. The van der Waals surface area contributed by atoms with E-state index in [2.05, 4.69) is 41.7 Å². The van der Waals surface area contributed by atoms with Crippen LogP contribution in [0.2, 0.25) is 0 Å². The number of hydrogen-bond donors (Lipinski definition) is 1. The number of anilines is 1. The zero-order chi connectivity index (χ0) is 16.2. The highest BCUT2D eigenvalue weighted by Gasteiger charge is 2.18. The third kappa shape index (κ3) is 4.20. The molecule has 0 bridgehead atoms. The van der Waals surface area contributed by atoms with Crippen molar-refractivity contribution in [2.75, 3.05) is 5.32 Å². The number of rotatable bonds is 5. The van der Waals surface area contributed by atoms with Gasteiger partial charge in [-0.1, -0.05) is 39.0 Å². The van der Waals surface area contributed by atoms with Crippen molar-refractivity contribution in [1.29, 1.82) is 0 Å². The fourth-order valence-corrected chi connectivity index (χ4v) is 2.51. The lowest BCUT2D eigenvalue weighted by Gasteiger charge is -2.23. The fraction of sp³-hybridized carbons (Fsp3) is 0.444. The van der Waals surface area contributed by atoms with E-state index >= 15 is 0 Å². The number of hydrogen-bond acceptors (Lipinski definition) is 2. The van der Waals surface area contributed by atoms with E-state index < -0.39 is 0 Å². The lowest BCUT2D eigenvalue weighted by molar-refractivity contribution is -0.116. The summed E-state index contributed by atoms with van der Waals surface area (Å²) in [4.78, 5) is 16.4. The average Bonchev–Trinajstić information content (AvgIpc) is 2.84. The topological polar surface area (TPSA) is 46.9 Å². The van der Waals surface area contributed by atoms with Crippen molar-refractivity contribution in [2.45, 2.75) is 52.5 Å². The maximum absolute atomic E-state index is 12.2. The minimum Gasteiger partial charge on any atom is -0.335 e. The summed E-state index contributed by atoms with van der Waals surface area (Å²) in [6.07, 6.45) is 5.05. The normalized spacial score (nSPS) is 11.5. The molecule has 1 heterocycles. The van der Waals surface area contributed by atoms with Gasteiger partial charge in [0.15, 0.2) is 0 Å². The molecular formula is C18H25N3O. The van der Waals surface area contributed by atoms with Crippen LogP contribution in [0.25, 0.3) is 0 Å². The summed E-state index contributed by atoms with van der Waals surface area (Å²) in [6, 6.07) is 8.01. The second-order valence-electron chi connectivity index (χ2n) is 6.62. The number of benzene rings is 1. The summed E-state index contributed by atoms with van der Waals surface area (Å²) in [6.45, 7) is 9.25. The summed E-state index contributed by atoms with van der Waals surface area (Å²) in [5.41, 5.74) is 2.09. The molecule has 2 aromatic rings. The van der Waals surface area contributed by atoms with Gasteiger partial charge in [0.05, 0.1) is 0 Å². The number of para-hydroxylation sites is 1. The maximum atomic E-state index is 12.2. The summed E-state index contributed by atoms with van der Waals surface area (Å²) < 4.78 is 2.07. The highest BCUT2D eigenvalue weighted by atomic mass is 16.1. The Labute approximate surface area is 132 Å². The van der Waals surface area contributed by atoms with Crippen molar-refractivity contribution in [3.63, 3.8) is 0 Å². The summed E-state index contributed by atoms with van der Waals surface area (Å²) >= 11 is 0. The monoisotopic (exact) mass is 299 g/mol. The van der Waals surface area contributed by atoms with Crippen molar-refractivity contribution in [2.24, 2.45) is 0 Å². The van der Waals surface area contributed by atoms with Crippen LogP contribution in [0.4, 0.5) is 5.69 Å². The largest absolute Gasteiger partial charge is 0.335 e. The van der Waals surface area contributed by atoms with Crippen LogP contribution in [0.3, 0.4) is 0 Å². The Morgan fingerprint density at radius 1 is 1.27 bits per heavy atom. The Balaban J connectivity index is 1.91. The molecule has 1 amide bonds. The predicted octanol–water partition coefficient (Wildman–Crippen LogP) is 3.91. The van der Waals surface area contributed by atoms with E-state index in [9.17, 15) is 4.79 Å². The van der Waals surface area contributed by atoms with Crippen molar-refractivity contribution < 1.29 is 4.79 Å².